The second-order valence-electron chi connectivity index (χ2n) is 13.1. The third-order valence-electron chi connectivity index (χ3n) is 8.97. The monoisotopic (exact) mass is 567 g/mol. The summed E-state index contributed by atoms with van der Waals surface area (Å²) < 4.78 is 6.53. The van der Waals surface area contributed by atoms with E-state index in [2.05, 4.69) is 37.6 Å². The van der Waals surface area contributed by atoms with Crippen LogP contribution in [0.15, 0.2) is 24.4 Å². The van der Waals surface area contributed by atoms with E-state index in [1.165, 1.54) is 24.2 Å². The van der Waals surface area contributed by atoms with Crippen LogP contribution in [0, 0.1) is 11.8 Å². The number of thiophene rings is 1. The zero-order chi connectivity index (χ0) is 28.4. The molecule has 0 unspecified atom stereocenters. The van der Waals surface area contributed by atoms with Crippen LogP contribution in [-0.2, 0) is 10.2 Å². The first kappa shape index (κ1) is 28.9. The first-order valence-corrected chi connectivity index (χ1v) is 16.0. The van der Waals surface area contributed by atoms with E-state index in [9.17, 15) is 14.7 Å². The van der Waals surface area contributed by atoms with Gasteiger partial charge in [0.2, 0.25) is 5.91 Å². The van der Waals surface area contributed by atoms with Gasteiger partial charge in [-0.3, -0.25) is 4.79 Å². The lowest BCUT2D eigenvalue weighted by molar-refractivity contribution is -0.124. The SMILES string of the molecule is CC1CCC(C(=O)N(c2cc(C(C)(C)C)sc2C(=O)O)C2CCC(Oc3cccnc3N3CCCC3)CC2)CC1. The smallest absolute Gasteiger partial charge is 0.348 e. The molecule has 1 N–H and O–H groups in total. The number of ether oxygens (including phenoxy) is 1. The molecule has 0 spiro atoms. The fraction of sp³-hybridized carbons (Fsp3) is 0.656. The summed E-state index contributed by atoms with van der Waals surface area (Å²) in [5, 5.41) is 10.2. The van der Waals surface area contributed by atoms with Crippen molar-refractivity contribution in [2.75, 3.05) is 22.9 Å². The number of nitrogens with zero attached hydrogens (tertiary/aromatic N) is 3. The van der Waals surface area contributed by atoms with E-state index in [0.29, 0.717) is 11.6 Å². The molecule has 2 saturated carbocycles. The Morgan fingerprint density at radius 3 is 2.35 bits per heavy atom. The Hall–Kier alpha value is -2.61. The molecule has 8 heteroatoms. The Morgan fingerprint density at radius 1 is 1.05 bits per heavy atom. The maximum atomic E-state index is 14.2. The molecular weight excluding hydrogens is 522 g/mol. The lowest BCUT2D eigenvalue weighted by Crippen LogP contribution is -2.47. The average Bonchev–Trinajstić information content (AvgIpc) is 3.62. The fourth-order valence-electron chi connectivity index (χ4n) is 6.52. The molecule has 218 valence electrons. The number of aromatic nitrogens is 1. The van der Waals surface area contributed by atoms with E-state index in [-0.39, 0.29) is 34.3 Å². The Labute approximate surface area is 242 Å². The molecule has 0 radical (unpaired) electrons. The highest BCUT2D eigenvalue weighted by Crippen LogP contribution is 2.42. The van der Waals surface area contributed by atoms with Crippen molar-refractivity contribution in [1.29, 1.82) is 0 Å². The minimum atomic E-state index is -0.950. The normalized spacial score (nSPS) is 25.6. The van der Waals surface area contributed by atoms with Crippen molar-refractivity contribution in [2.45, 2.75) is 109 Å². The van der Waals surface area contributed by atoms with Gasteiger partial charge in [0.1, 0.15) is 4.88 Å². The summed E-state index contributed by atoms with van der Waals surface area (Å²) in [7, 11) is 0. The number of pyridine rings is 1. The van der Waals surface area contributed by atoms with E-state index in [4.69, 9.17) is 4.74 Å². The number of hydrogen-bond donors (Lipinski definition) is 1. The molecule has 2 aliphatic carbocycles. The molecule has 3 fully saturated rings. The second-order valence-corrected chi connectivity index (χ2v) is 14.2. The predicted molar refractivity (Wildman–Crippen MR) is 161 cm³/mol. The van der Waals surface area contributed by atoms with Gasteiger partial charge in [-0.2, -0.15) is 0 Å². The Balaban J connectivity index is 1.37. The van der Waals surface area contributed by atoms with E-state index in [0.717, 1.165) is 80.9 Å². The quantitative estimate of drug-likeness (QED) is 0.378. The molecule has 3 aliphatic rings. The fourth-order valence-corrected chi connectivity index (χ4v) is 7.57. The summed E-state index contributed by atoms with van der Waals surface area (Å²) in [6.07, 6.45) is 11.4. The molecule has 40 heavy (non-hydrogen) atoms. The summed E-state index contributed by atoms with van der Waals surface area (Å²) in [4.78, 5) is 36.8. The zero-order valence-corrected chi connectivity index (χ0v) is 25.3. The number of carbonyl (C=O) groups excluding carboxylic acids is 1. The standard InChI is InChI=1S/C32H45N3O4S/c1-21-9-11-22(12-10-21)30(36)35(25-20-27(32(2,3)4)40-28(25)31(37)38)23-13-15-24(16-14-23)39-26-8-7-17-33-29(26)34-18-5-6-19-34/h7-8,17,20-24H,5-6,9-16,18-19H2,1-4H3,(H,37,38). The molecule has 0 atom stereocenters. The molecule has 1 saturated heterocycles. The summed E-state index contributed by atoms with van der Waals surface area (Å²) in [5.74, 6) is 1.55. The topological polar surface area (TPSA) is 83.0 Å². The van der Waals surface area contributed by atoms with Crippen LogP contribution in [-0.4, -0.2) is 47.2 Å². The van der Waals surface area contributed by atoms with Crippen LogP contribution in [0.25, 0.3) is 0 Å². The van der Waals surface area contributed by atoms with Crippen LogP contribution in [0.3, 0.4) is 0 Å². The molecular formula is C32H45N3O4S. The molecule has 5 rings (SSSR count). The molecule has 3 heterocycles. The van der Waals surface area contributed by atoms with Gasteiger partial charge < -0.3 is 19.6 Å². The molecule has 1 aliphatic heterocycles. The van der Waals surface area contributed by atoms with Gasteiger partial charge in [0.05, 0.1) is 11.8 Å². The maximum Gasteiger partial charge on any atom is 0.348 e. The number of carboxylic acid groups (broad SMARTS) is 1. The van der Waals surface area contributed by atoms with Gasteiger partial charge >= 0.3 is 5.97 Å². The van der Waals surface area contributed by atoms with E-state index in [1.807, 2.05) is 29.3 Å². The predicted octanol–water partition coefficient (Wildman–Crippen LogP) is 7.29. The minimum Gasteiger partial charge on any atom is -0.487 e. The number of amides is 1. The summed E-state index contributed by atoms with van der Waals surface area (Å²) in [5.41, 5.74) is 0.406. The van der Waals surface area contributed by atoms with Crippen molar-refractivity contribution >= 4 is 34.7 Å². The molecule has 2 aromatic rings. The number of rotatable bonds is 7. The molecule has 7 nitrogen and oxygen atoms in total. The summed E-state index contributed by atoms with van der Waals surface area (Å²) in [6, 6.07) is 5.91. The second kappa shape index (κ2) is 12.1. The zero-order valence-electron chi connectivity index (χ0n) is 24.5. The number of carboxylic acids is 1. The Kier molecular flexibility index (Phi) is 8.74. The van der Waals surface area contributed by atoms with Gasteiger partial charge in [-0.05, 0) is 93.7 Å². The highest BCUT2D eigenvalue weighted by molar-refractivity contribution is 7.14. The van der Waals surface area contributed by atoms with Gasteiger partial charge in [-0.25, -0.2) is 9.78 Å². The van der Waals surface area contributed by atoms with Gasteiger partial charge in [0, 0.05) is 36.1 Å². The third kappa shape index (κ3) is 6.32. The number of aromatic carboxylic acids is 1. The summed E-state index contributed by atoms with van der Waals surface area (Å²) in [6.45, 7) is 10.6. The lowest BCUT2D eigenvalue weighted by atomic mass is 9.81. The van der Waals surface area contributed by atoms with Crippen LogP contribution in [0.1, 0.15) is 106 Å². The highest BCUT2D eigenvalue weighted by Gasteiger charge is 2.38. The maximum absolute atomic E-state index is 14.2. The molecule has 0 aromatic carbocycles. The largest absolute Gasteiger partial charge is 0.487 e. The van der Waals surface area contributed by atoms with Crippen molar-refractivity contribution in [3.63, 3.8) is 0 Å². The summed E-state index contributed by atoms with van der Waals surface area (Å²) >= 11 is 1.32. The number of anilines is 2. The van der Waals surface area contributed by atoms with Crippen LogP contribution >= 0.6 is 11.3 Å². The van der Waals surface area contributed by atoms with Crippen molar-refractivity contribution in [2.24, 2.45) is 11.8 Å². The first-order chi connectivity index (χ1) is 19.1. The Morgan fingerprint density at radius 2 is 1.73 bits per heavy atom. The van der Waals surface area contributed by atoms with Crippen molar-refractivity contribution < 1.29 is 19.4 Å². The van der Waals surface area contributed by atoms with E-state index < -0.39 is 5.97 Å². The van der Waals surface area contributed by atoms with E-state index in [1.54, 1.807) is 0 Å². The first-order valence-electron chi connectivity index (χ1n) is 15.2. The van der Waals surface area contributed by atoms with Crippen molar-refractivity contribution in [3.8, 4) is 5.75 Å². The lowest BCUT2D eigenvalue weighted by Gasteiger charge is -2.39. The minimum absolute atomic E-state index is 0.0285. The van der Waals surface area contributed by atoms with Crippen LogP contribution < -0.4 is 14.5 Å². The third-order valence-corrected chi connectivity index (χ3v) is 10.5. The highest BCUT2D eigenvalue weighted by atomic mass is 32.1. The number of carbonyl (C=O) groups is 2. The van der Waals surface area contributed by atoms with Crippen LogP contribution in [0.4, 0.5) is 11.5 Å². The Bertz CT molecular complexity index is 1180. The van der Waals surface area contributed by atoms with Crippen LogP contribution in [0.5, 0.6) is 5.75 Å². The van der Waals surface area contributed by atoms with Crippen molar-refractivity contribution in [1.82, 2.24) is 4.98 Å². The van der Waals surface area contributed by atoms with Crippen molar-refractivity contribution in [3.05, 3.63) is 34.2 Å². The van der Waals surface area contributed by atoms with Crippen LogP contribution in [0.2, 0.25) is 0 Å². The van der Waals surface area contributed by atoms with Gasteiger partial charge in [-0.15, -0.1) is 11.3 Å². The molecule has 2 aromatic heterocycles. The molecule has 0 bridgehead atoms. The van der Waals surface area contributed by atoms with Gasteiger partial charge in [-0.1, -0.05) is 27.7 Å². The average molecular weight is 568 g/mol. The van der Waals surface area contributed by atoms with Gasteiger partial charge in [0.15, 0.2) is 11.6 Å². The van der Waals surface area contributed by atoms with E-state index >= 15 is 0 Å². The van der Waals surface area contributed by atoms with Gasteiger partial charge in [0.25, 0.3) is 0 Å². The molecule has 1 amide bonds. The number of hydrogen-bond acceptors (Lipinski definition) is 6.